The van der Waals surface area contributed by atoms with Crippen molar-refractivity contribution in [2.75, 3.05) is 12.9 Å². The Morgan fingerprint density at radius 1 is 1.06 bits per heavy atom. The summed E-state index contributed by atoms with van der Waals surface area (Å²) in [7, 11) is 1.59. The third kappa shape index (κ3) is 5.96. The second kappa shape index (κ2) is 11.2. The van der Waals surface area contributed by atoms with E-state index in [0.29, 0.717) is 26.8 Å². The SMILES string of the molecule is COc1cccc(/C=N/NC(=O)CSc2nnc(-c3ccc(Cl)cc3)n2-c2ccc(Cl)cc2)c1. The van der Waals surface area contributed by atoms with Gasteiger partial charge in [0, 0.05) is 21.3 Å². The standard InChI is InChI=1S/C24H19Cl2N5O2S/c1-33-21-4-2-3-16(13-21)14-27-28-22(32)15-34-24-30-29-23(17-5-7-18(25)8-6-17)31(24)20-11-9-19(26)10-12-20/h2-14H,15H2,1H3,(H,28,32)/b27-14+. The average molecular weight is 512 g/mol. The molecule has 1 amide bonds. The van der Waals surface area contributed by atoms with Gasteiger partial charge in [-0.25, -0.2) is 5.43 Å². The van der Waals surface area contributed by atoms with Crippen molar-refractivity contribution >= 4 is 47.1 Å². The molecule has 7 nitrogen and oxygen atoms in total. The molecule has 1 N–H and O–H groups in total. The molecule has 0 aliphatic rings. The zero-order valence-corrected chi connectivity index (χ0v) is 20.3. The highest BCUT2D eigenvalue weighted by molar-refractivity contribution is 7.99. The topological polar surface area (TPSA) is 81.4 Å². The number of hydrogen-bond donors (Lipinski definition) is 1. The molecule has 1 aromatic heterocycles. The van der Waals surface area contributed by atoms with E-state index in [0.717, 1.165) is 16.8 Å². The molecule has 10 heteroatoms. The van der Waals surface area contributed by atoms with E-state index in [1.165, 1.54) is 11.8 Å². The molecular weight excluding hydrogens is 493 g/mol. The Balaban J connectivity index is 1.50. The van der Waals surface area contributed by atoms with Crippen LogP contribution in [-0.4, -0.2) is 39.7 Å². The van der Waals surface area contributed by atoms with E-state index < -0.39 is 0 Å². The van der Waals surface area contributed by atoms with Crippen molar-refractivity contribution in [3.63, 3.8) is 0 Å². The molecule has 1 heterocycles. The number of ether oxygens (including phenoxy) is 1. The first-order valence-corrected chi connectivity index (χ1v) is 11.8. The van der Waals surface area contributed by atoms with Crippen LogP contribution in [0, 0.1) is 0 Å². The van der Waals surface area contributed by atoms with Gasteiger partial charge in [0.1, 0.15) is 5.75 Å². The van der Waals surface area contributed by atoms with Gasteiger partial charge in [-0.05, 0) is 66.2 Å². The molecule has 4 aromatic rings. The highest BCUT2D eigenvalue weighted by atomic mass is 35.5. The molecule has 0 saturated heterocycles. The van der Waals surface area contributed by atoms with Gasteiger partial charge in [0.2, 0.25) is 0 Å². The first kappa shape index (κ1) is 23.8. The molecule has 0 aliphatic carbocycles. The molecule has 0 radical (unpaired) electrons. The maximum absolute atomic E-state index is 12.4. The lowest BCUT2D eigenvalue weighted by molar-refractivity contribution is -0.118. The summed E-state index contributed by atoms with van der Waals surface area (Å²) in [5.41, 5.74) is 4.99. The summed E-state index contributed by atoms with van der Waals surface area (Å²) in [5, 5.41) is 14.5. The molecule has 172 valence electrons. The van der Waals surface area contributed by atoms with Crippen molar-refractivity contribution in [1.82, 2.24) is 20.2 Å². The molecule has 0 atom stereocenters. The van der Waals surface area contributed by atoms with Crippen LogP contribution in [-0.2, 0) is 4.79 Å². The molecule has 0 unspecified atom stereocenters. The average Bonchev–Trinajstić information content (AvgIpc) is 3.28. The number of carbonyl (C=O) groups is 1. The van der Waals surface area contributed by atoms with Crippen molar-refractivity contribution < 1.29 is 9.53 Å². The maximum atomic E-state index is 12.4. The molecule has 34 heavy (non-hydrogen) atoms. The molecule has 4 rings (SSSR count). The fraction of sp³-hybridized carbons (Fsp3) is 0.0833. The summed E-state index contributed by atoms with van der Waals surface area (Å²) in [6, 6.07) is 22.0. The Bertz CT molecular complexity index is 1310. The number of hydrazone groups is 1. The maximum Gasteiger partial charge on any atom is 0.250 e. The van der Waals surface area contributed by atoms with E-state index in [-0.39, 0.29) is 11.7 Å². The lowest BCUT2D eigenvalue weighted by Crippen LogP contribution is -2.20. The van der Waals surface area contributed by atoms with Gasteiger partial charge >= 0.3 is 0 Å². The minimum absolute atomic E-state index is 0.0990. The van der Waals surface area contributed by atoms with Gasteiger partial charge in [-0.3, -0.25) is 9.36 Å². The number of amides is 1. The lowest BCUT2D eigenvalue weighted by Gasteiger charge is -2.10. The summed E-state index contributed by atoms with van der Waals surface area (Å²) in [5.74, 6) is 1.16. The van der Waals surface area contributed by atoms with Gasteiger partial charge in [0.05, 0.1) is 19.1 Å². The summed E-state index contributed by atoms with van der Waals surface area (Å²) >= 11 is 13.4. The summed E-state index contributed by atoms with van der Waals surface area (Å²) in [6.07, 6.45) is 1.56. The number of rotatable bonds is 8. The van der Waals surface area contributed by atoms with Crippen molar-refractivity contribution in [3.05, 3.63) is 88.4 Å². The van der Waals surface area contributed by atoms with E-state index >= 15 is 0 Å². The monoisotopic (exact) mass is 511 g/mol. The second-order valence-corrected chi connectivity index (χ2v) is 8.80. The highest BCUT2D eigenvalue weighted by Gasteiger charge is 2.17. The second-order valence-electron chi connectivity index (χ2n) is 6.98. The Labute approximate surface area is 210 Å². The van der Waals surface area contributed by atoms with Gasteiger partial charge in [0.15, 0.2) is 11.0 Å². The third-order valence-corrected chi connectivity index (χ3v) is 6.08. The fourth-order valence-corrected chi connectivity index (χ4v) is 4.03. The van der Waals surface area contributed by atoms with E-state index in [1.807, 2.05) is 53.1 Å². The number of carbonyl (C=O) groups excluding carboxylic acids is 1. The van der Waals surface area contributed by atoms with Crippen LogP contribution in [0.2, 0.25) is 10.0 Å². The lowest BCUT2D eigenvalue weighted by atomic mass is 10.2. The van der Waals surface area contributed by atoms with Crippen LogP contribution in [0.3, 0.4) is 0 Å². The quantitative estimate of drug-likeness (QED) is 0.192. The largest absolute Gasteiger partial charge is 0.497 e. The first-order chi connectivity index (χ1) is 16.5. The van der Waals surface area contributed by atoms with Gasteiger partial charge in [-0.15, -0.1) is 10.2 Å². The third-order valence-electron chi connectivity index (χ3n) is 4.65. The number of aromatic nitrogens is 3. The predicted molar refractivity (Wildman–Crippen MR) is 136 cm³/mol. The van der Waals surface area contributed by atoms with Crippen molar-refractivity contribution in [2.24, 2.45) is 5.10 Å². The van der Waals surface area contributed by atoms with Crippen LogP contribution < -0.4 is 10.2 Å². The normalized spacial score (nSPS) is 11.0. The van der Waals surface area contributed by atoms with Crippen LogP contribution in [0.15, 0.2) is 83.1 Å². The van der Waals surface area contributed by atoms with Crippen LogP contribution >= 0.6 is 35.0 Å². The van der Waals surface area contributed by atoms with Crippen molar-refractivity contribution in [3.8, 4) is 22.8 Å². The fourth-order valence-electron chi connectivity index (χ4n) is 3.04. The minimum atomic E-state index is -0.275. The number of benzene rings is 3. The number of nitrogens with one attached hydrogen (secondary N) is 1. The zero-order chi connectivity index (χ0) is 23.9. The van der Waals surface area contributed by atoms with Gasteiger partial charge in [0.25, 0.3) is 5.91 Å². The van der Waals surface area contributed by atoms with Crippen molar-refractivity contribution in [2.45, 2.75) is 5.16 Å². The number of thioether (sulfide) groups is 1. The summed E-state index contributed by atoms with van der Waals surface area (Å²) in [6.45, 7) is 0. The Morgan fingerprint density at radius 2 is 1.76 bits per heavy atom. The highest BCUT2D eigenvalue weighted by Crippen LogP contribution is 2.29. The molecule has 3 aromatic carbocycles. The molecule has 0 saturated carbocycles. The zero-order valence-electron chi connectivity index (χ0n) is 18.0. The van der Waals surface area contributed by atoms with Gasteiger partial charge in [-0.2, -0.15) is 5.10 Å². The smallest absolute Gasteiger partial charge is 0.250 e. The molecule has 0 spiro atoms. The molecule has 0 bridgehead atoms. The molecular formula is C24H19Cl2N5O2S. The van der Waals surface area contributed by atoms with E-state index in [4.69, 9.17) is 27.9 Å². The Kier molecular flexibility index (Phi) is 7.84. The van der Waals surface area contributed by atoms with Crippen LogP contribution in [0.5, 0.6) is 5.75 Å². The molecule has 0 aliphatic heterocycles. The van der Waals surface area contributed by atoms with Gasteiger partial charge in [-0.1, -0.05) is 47.1 Å². The Hall–Kier alpha value is -3.33. The van der Waals surface area contributed by atoms with E-state index in [1.54, 1.807) is 37.6 Å². The van der Waals surface area contributed by atoms with E-state index in [9.17, 15) is 4.79 Å². The number of methoxy groups -OCH3 is 1. The number of nitrogens with zero attached hydrogens (tertiary/aromatic N) is 4. The number of halogens is 2. The number of hydrogen-bond acceptors (Lipinski definition) is 6. The molecule has 0 fully saturated rings. The first-order valence-electron chi connectivity index (χ1n) is 10.1. The van der Waals surface area contributed by atoms with Crippen LogP contribution in [0.4, 0.5) is 0 Å². The van der Waals surface area contributed by atoms with E-state index in [2.05, 4.69) is 20.7 Å². The Morgan fingerprint density at radius 3 is 2.47 bits per heavy atom. The predicted octanol–water partition coefficient (Wildman–Crippen LogP) is 5.49. The van der Waals surface area contributed by atoms with Crippen LogP contribution in [0.25, 0.3) is 17.1 Å². The minimum Gasteiger partial charge on any atom is -0.497 e. The summed E-state index contributed by atoms with van der Waals surface area (Å²) in [4.78, 5) is 12.4. The van der Waals surface area contributed by atoms with Gasteiger partial charge < -0.3 is 4.74 Å². The van der Waals surface area contributed by atoms with Crippen LogP contribution in [0.1, 0.15) is 5.56 Å². The summed E-state index contributed by atoms with van der Waals surface area (Å²) < 4.78 is 7.05. The van der Waals surface area contributed by atoms with Crippen molar-refractivity contribution in [1.29, 1.82) is 0 Å².